The molecule has 108 valence electrons. The van der Waals surface area contributed by atoms with Crippen LogP contribution >= 0.6 is 0 Å². The third-order valence-electron chi connectivity index (χ3n) is 2.61. The fraction of sp³-hybridized carbons (Fsp3) is 0.583. The first-order chi connectivity index (χ1) is 8.95. The maximum Gasteiger partial charge on any atom is 0.301 e. The van der Waals surface area contributed by atoms with Gasteiger partial charge in [-0.05, 0) is 38.1 Å². The molecule has 0 spiro atoms. The van der Waals surface area contributed by atoms with E-state index in [2.05, 4.69) is 15.0 Å². The average molecular weight is 286 g/mol. The Morgan fingerprint density at radius 1 is 1.37 bits per heavy atom. The number of aryl methyl sites for hydroxylation is 1. The van der Waals surface area contributed by atoms with Crippen LogP contribution in [-0.4, -0.2) is 44.4 Å². The normalized spacial score (nSPS) is 11.8. The molecule has 0 fully saturated rings. The van der Waals surface area contributed by atoms with E-state index in [1.807, 2.05) is 13.8 Å². The van der Waals surface area contributed by atoms with Crippen molar-refractivity contribution in [2.75, 3.05) is 31.4 Å². The summed E-state index contributed by atoms with van der Waals surface area (Å²) in [5, 5.41) is 3.16. The third-order valence-corrected chi connectivity index (χ3v) is 4.11. The molecule has 0 atom stereocenters. The number of hydrogen-bond acceptors (Lipinski definition) is 4. The second kappa shape index (κ2) is 7.42. The monoisotopic (exact) mass is 286 g/mol. The Bertz CT molecular complexity index is 490. The maximum atomic E-state index is 12.0. The molecule has 2 N–H and O–H groups in total. The minimum atomic E-state index is -3.50. The van der Waals surface area contributed by atoms with Crippen LogP contribution in [0.15, 0.2) is 18.5 Å². The third kappa shape index (κ3) is 5.54. The summed E-state index contributed by atoms with van der Waals surface area (Å²) in [5.41, 5.74) is 1.40. The van der Waals surface area contributed by atoms with Gasteiger partial charge in [0.25, 0.3) is 0 Å². The first-order valence-corrected chi connectivity index (χ1v) is 7.76. The fourth-order valence-electron chi connectivity index (χ4n) is 1.56. The lowest BCUT2D eigenvalue weighted by molar-refractivity contribution is 0.459. The van der Waals surface area contributed by atoms with Crippen molar-refractivity contribution in [3.05, 3.63) is 24.0 Å². The van der Waals surface area contributed by atoms with Gasteiger partial charge in [0.1, 0.15) is 0 Å². The van der Waals surface area contributed by atoms with Crippen molar-refractivity contribution < 1.29 is 8.42 Å². The molecule has 19 heavy (non-hydrogen) atoms. The van der Waals surface area contributed by atoms with Gasteiger partial charge in [-0.15, -0.1) is 0 Å². The van der Waals surface area contributed by atoms with E-state index < -0.39 is 10.2 Å². The number of anilines is 1. The highest BCUT2D eigenvalue weighted by molar-refractivity contribution is 7.90. The lowest BCUT2D eigenvalue weighted by atomic mass is 10.3. The summed E-state index contributed by atoms with van der Waals surface area (Å²) < 4.78 is 27.9. The highest BCUT2D eigenvalue weighted by Crippen LogP contribution is 2.11. The van der Waals surface area contributed by atoms with Crippen molar-refractivity contribution in [3.8, 4) is 0 Å². The molecule has 0 bridgehead atoms. The zero-order chi connectivity index (χ0) is 14.3. The van der Waals surface area contributed by atoms with Gasteiger partial charge < -0.3 is 5.32 Å². The van der Waals surface area contributed by atoms with E-state index in [1.165, 1.54) is 10.5 Å². The highest BCUT2D eigenvalue weighted by Gasteiger charge is 2.17. The van der Waals surface area contributed by atoms with Gasteiger partial charge in [-0.3, -0.25) is 9.71 Å². The van der Waals surface area contributed by atoms with Gasteiger partial charge in [0.05, 0.1) is 11.9 Å². The van der Waals surface area contributed by atoms with Crippen LogP contribution in [0.1, 0.15) is 18.9 Å². The number of nitrogens with one attached hydrogen (secondary N) is 2. The topological polar surface area (TPSA) is 74.3 Å². The van der Waals surface area contributed by atoms with Gasteiger partial charge >= 0.3 is 10.2 Å². The van der Waals surface area contributed by atoms with Crippen molar-refractivity contribution in [2.24, 2.45) is 0 Å². The SMILES string of the molecule is CCNCCCN(C)S(=O)(=O)Nc1cncc(C)c1. The zero-order valence-corrected chi connectivity index (χ0v) is 12.5. The van der Waals surface area contributed by atoms with Crippen LogP contribution in [0.25, 0.3) is 0 Å². The van der Waals surface area contributed by atoms with Crippen LogP contribution < -0.4 is 10.0 Å². The Balaban J connectivity index is 2.55. The van der Waals surface area contributed by atoms with Gasteiger partial charge in [-0.25, -0.2) is 0 Å². The molecular weight excluding hydrogens is 264 g/mol. The minimum absolute atomic E-state index is 0.474. The first kappa shape index (κ1) is 15.9. The van der Waals surface area contributed by atoms with Crippen molar-refractivity contribution in [1.29, 1.82) is 0 Å². The molecule has 1 aromatic heterocycles. The standard InChI is InChI=1S/C12H22N4O2S/c1-4-13-6-5-7-16(3)19(17,18)15-12-8-11(2)9-14-10-12/h8-10,13,15H,4-7H2,1-3H3. The van der Waals surface area contributed by atoms with Gasteiger partial charge in [0.15, 0.2) is 0 Å². The maximum absolute atomic E-state index is 12.0. The molecule has 0 aliphatic heterocycles. The second-order valence-electron chi connectivity index (χ2n) is 4.39. The number of rotatable bonds is 8. The van der Waals surface area contributed by atoms with Crippen molar-refractivity contribution in [2.45, 2.75) is 20.3 Å². The molecule has 0 unspecified atom stereocenters. The quantitative estimate of drug-likeness (QED) is 0.699. The second-order valence-corrected chi connectivity index (χ2v) is 6.16. The van der Waals surface area contributed by atoms with Crippen LogP contribution in [0.4, 0.5) is 5.69 Å². The van der Waals surface area contributed by atoms with Crippen LogP contribution in [0.3, 0.4) is 0 Å². The van der Waals surface area contributed by atoms with Gasteiger partial charge in [-0.1, -0.05) is 6.92 Å². The Labute approximate surface area is 115 Å². The van der Waals surface area contributed by atoms with Gasteiger partial charge in [-0.2, -0.15) is 12.7 Å². The average Bonchev–Trinajstić information content (AvgIpc) is 2.33. The molecule has 0 saturated carbocycles. The number of pyridine rings is 1. The van der Waals surface area contributed by atoms with E-state index in [9.17, 15) is 8.42 Å². The summed E-state index contributed by atoms with van der Waals surface area (Å²) >= 11 is 0. The minimum Gasteiger partial charge on any atom is -0.317 e. The predicted octanol–water partition coefficient (Wildman–Crippen LogP) is 0.978. The molecule has 7 heteroatoms. The molecule has 0 aromatic carbocycles. The van der Waals surface area contributed by atoms with Crippen LogP contribution in [0.2, 0.25) is 0 Å². The van der Waals surface area contributed by atoms with Gasteiger partial charge in [0, 0.05) is 19.8 Å². The van der Waals surface area contributed by atoms with E-state index in [0.29, 0.717) is 12.2 Å². The molecular formula is C12H22N4O2S. The summed E-state index contributed by atoms with van der Waals surface area (Å²) in [5.74, 6) is 0. The Morgan fingerprint density at radius 2 is 2.11 bits per heavy atom. The van der Waals surface area contributed by atoms with E-state index in [1.54, 1.807) is 19.3 Å². The zero-order valence-electron chi connectivity index (χ0n) is 11.7. The molecule has 0 aliphatic carbocycles. The molecule has 0 saturated heterocycles. The molecule has 1 heterocycles. The van der Waals surface area contributed by atoms with Crippen LogP contribution in [0.5, 0.6) is 0 Å². The van der Waals surface area contributed by atoms with Crippen molar-refractivity contribution in [3.63, 3.8) is 0 Å². The molecule has 1 aromatic rings. The Hall–Kier alpha value is -1.18. The number of aromatic nitrogens is 1. The number of hydrogen-bond donors (Lipinski definition) is 2. The largest absolute Gasteiger partial charge is 0.317 e. The molecule has 0 amide bonds. The summed E-state index contributed by atoms with van der Waals surface area (Å²) in [6.07, 6.45) is 3.95. The Kier molecular flexibility index (Phi) is 6.20. The Morgan fingerprint density at radius 3 is 2.74 bits per heavy atom. The highest BCUT2D eigenvalue weighted by atomic mass is 32.2. The van der Waals surface area contributed by atoms with E-state index in [0.717, 1.165) is 25.1 Å². The lowest BCUT2D eigenvalue weighted by Crippen LogP contribution is -2.34. The summed E-state index contributed by atoms with van der Waals surface area (Å²) in [7, 11) is -1.93. The van der Waals surface area contributed by atoms with Crippen LogP contribution in [-0.2, 0) is 10.2 Å². The van der Waals surface area contributed by atoms with Crippen molar-refractivity contribution >= 4 is 15.9 Å². The van der Waals surface area contributed by atoms with Gasteiger partial charge in [0.2, 0.25) is 0 Å². The lowest BCUT2D eigenvalue weighted by Gasteiger charge is -2.18. The van der Waals surface area contributed by atoms with Crippen LogP contribution in [0, 0.1) is 6.92 Å². The summed E-state index contributed by atoms with van der Waals surface area (Å²) in [6, 6.07) is 1.75. The summed E-state index contributed by atoms with van der Waals surface area (Å²) in [4.78, 5) is 3.96. The van der Waals surface area contributed by atoms with E-state index in [4.69, 9.17) is 0 Å². The molecule has 0 radical (unpaired) electrons. The molecule has 6 nitrogen and oxygen atoms in total. The first-order valence-electron chi connectivity index (χ1n) is 6.32. The van der Waals surface area contributed by atoms with E-state index >= 15 is 0 Å². The smallest absolute Gasteiger partial charge is 0.301 e. The number of nitrogens with zero attached hydrogens (tertiary/aromatic N) is 2. The molecule has 0 aliphatic rings. The fourth-order valence-corrected chi connectivity index (χ4v) is 2.50. The molecule has 1 rings (SSSR count). The predicted molar refractivity (Wildman–Crippen MR) is 77.3 cm³/mol. The van der Waals surface area contributed by atoms with Crippen molar-refractivity contribution in [1.82, 2.24) is 14.6 Å². The summed E-state index contributed by atoms with van der Waals surface area (Å²) in [6.45, 7) is 6.06. The van der Waals surface area contributed by atoms with E-state index in [-0.39, 0.29) is 0 Å².